The molecule has 1 rings (SSSR count). The average Bonchev–Trinajstić information content (AvgIpc) is 2.35. The Morgan fingerprint density at radius 3 is 2.55 bits per heavy atom. The topological polar surface area (TPSA) is 81.4 Å². The molecule has 3 N–H and O–H groups in total. The van der Waals surface area contributed by atoms with Crippen molar-refractivity contribution in [3.05, 3.63) is 22.7 Å². The Bertz CT molecular complexity index is 547. The van der Waals surface area contributed by atoms with Crippen LogP contribution in [0.2, 0.25) is 0 Å². The van der Waals surface area contributed by atoms with Crippen LogP contribution in [0, 0.1) is 5.92 Å². The van der Waals surface area contributed by atoms with E-state index in [0.717, 1.165) is 6.42 Å². The van der Waals surface area contributed by atoms with Crippen LogP contribution in [0.1, 0.15) is 20.3 Å². The third-order valence-corrected chi connectivity index (χ3v) is 4.78. The van der Waals surface area contributed by atoms with Gasteiger partial charge in [0.25, 0.3) is 0 Å². The Morgan fingerprint density at radius 2 is 2.05 bits per heavy atom. The third kappa shape index (κ3) is 5.05. The maximum absolute atomic E-state index is 12.1. The first kappa shape index (κ1) is 17.4. The van der Waals surface area contributed by atoms with Crippen LogP contribution >= 0.6 is 15.9 Å². The monoisotopic (exact) mass is 364 g/mol. The number of benzene rings is 1. The number of ether oxygens (including phenoxy) is 1. The molecule has 114 valence electrons. The second-order valence-corrected chi connectivity index (χ2v) is 7.66. The molecule has 1 aromatic rings. The lowest BCUT2D eigenvalue weighted by atomic mass is 10.1. The molecule has 0 aliphatic carbocycles. The summed E-state index contributed by atoms with van der Waals surface area (Å²) in [7, 11) is -2.03. The fourth-order valence-corrected chi connectivity index (χ4v) is 3.62. The number of methoxy groups -OCH3 is 1. The van der Waals surface area contributed by atoms with Crippen molar-refractivity contribution in [2.45, 2.75) is 31.2 Å². The SMILES string of the molecule is COc1ccc(S(=O)(=O)NCC(N)CC(C)C)cc1Br. The molecule has 0 amide bonds. The van der Waals surface area contributed by atoms with Crippen LogP contribution in [-0.2, 0) is 10.0 Å². The molecule has 0 aliphatic rings. The van der Waals surface area contributed by atoms with Gasteiger partial charge in [0.1, 0.15) is 5.75 Å². The van der Waals surface area contributed by atoms with Gasteiger partial charge in [-0.1, -0.05) is 13.8 Å². The highest BCUT2D eigenvalue weighted by atomic mass is 79.9. The van der Waals surface area contributed by atoms with E-state index in [4.69, 9.17) is 10.5 Å². The van der Waals surface area contributed by atoms with Crippen molar-refractivity contribution in [1.82, 2.24) is 4.72 Å². The smallest absolute Gasteiger partial charge is 0.240 e. The number of rotatable bonds is 7. The highest BCUT2D eigenvalue weighted by Crippen LogP contribution is 2.27. The van der Waals surface area contributed by atoms with Gasteiger partial charge >= 0.3 is 0 Å². The van der Waals surface area contributed by atoms with Gasteiger partial charge in [-0.25, -0.2) is 13.1 Å². The molecule has 0 radical (unpaired) electrons. The predicted octanol–water partition coefficient (Wildman–Crippen LogP) is 2.11. The number of halogens is 1. The second-order valence-electron chi connectivity index (χ2n) is 5.04. The molecule has 0 aromatic heterocycles. The van der Waals surface area contributed by atoms with Crippen LogP contribution in [0.5, 0.6) is 5.75 Å². The number of hydrogen-bond donors (Lipinski definition) is 2. The molecule has 0 heterocycles. The Labute approximate surface area is 129 Å². The summed E-state index contributed by atoms with van der Waals surface area (Å²) in [5.74, 6) is 1.02. The lowest BCUT2D eigenvalue weighted by Gasteiger charge is -2.15. The van der Waals surface area contributed by atoms with Crippen molar-refractivity contribution in [3.8, 4) is 5.75 Å². The van der Waals surface area contributed by atoms with Crippen molar-refractivity contribution in [2.75, 3.05) is 13.7 Å². The van der Waals surface area contributed by atoms with Crippen LogP contribution in [0.3, 0.4) is 0 Å². The molecule has 0 saturated carbocycles. The summed E-state index contributed by atoms with van der Waals surface area (Å²) < 4.78 is 32.5. The van der Waals surface area contributed by atoms with E-state index in [1.165, 1.54) is 19.2 Å². The van der Waals surface area contributed by atoms with Gasteiger partial charge in [0.2, 0.25) is 10.0 Å². The molecule has 0 bridgehead atoms. The maximum atomic E-state index is 12.1. The van der Waals surface area contributed by atoms with Crippen LogP contribution in [0.4, 0.5) is 0 Å². The maximum Gasteiger partial charge on any atom is 0.240 e. The number of hydrogen-bond acceptors (Lipinski definition) is 4. The molecule has 20 heavy (non-hydrogen) atoms. The van der Waals surface area contributed by atoms with E-state index in [9.17, 15) is 8.42 Å². The van der Waals surface area contributed by atoms with Gasteiger partial charge in [-0.15, -0.1) is 0 Å². The van der Waals surface area contributed by atoms with Gasteiger partial charge in [-0.3, -0.25) is 0 Å². The first-order valence-corrected chi connectivity index (χ1v) is 8.62. The summed E-state index contributed by atoms with van der Waals surface area (Å²) in [4.78, 5) is 0.182. The van der Waals surface area contributed by atoms with E-state index >= 15 is 0 Å². The summed E-state index contributed by atoms with van der Waals surface area (Å²) in [5.41, 5.74) is 5.88. The largest absolute Gasteiger partial charge is 0.496 e. The van der Waals surface area contributed by atoms with E-state index in [2.05, 4.69) is 34.5 Å². The van der Waals surface area contributed by atoms with Gasteiger partial charge in [-0.2, -0.15) is 0 Å². The molecule has 5 nitrogen and oxygen atoms in total. The van der Waals surface area contributed by atoms with Crippen molar-refractivity contribution < 1.29 is 13.2 Å². The fourth-order valence-electron chi connectivity index (χ4n) is 1.80. The van der Waals surface area contributed by atoms with E-state index in [0.29, 0.717) is 16.1 Å². The quantitative estimate of drug-likeness (QED) is 0.776. The predicted molar refractivity (Wildman–Crippen MR) is 83.3 cm³/mol. The van der Waals surface area contributed by atoms with Crippen LogP contribution in [0.25, 0.3) is 0 Å². The normalized spacial score (nSPS) is 13.5. The van der Waals surface area contributed by atoms with Gasteiger partial charge in [0.05, 0.1) is 16.5 Å². The van der Waals surface area contributed by atoms with Gasteiger partial charge in [-0.05, 0) is 46.5 Å². The Hall–Kier alpha value is -0.630. The summed E-state index contributed by atoms with van der Waals surface area (Å²) in [5, 5.41) is 0. The molecule has 1 atom stereocenters. The minimum Gasteiger partial charge on any atom is -0.496 e. The Balaban J connectivity index is 2.76. The lowest BCUT2D eigenvalue weighted by Crippen LogP contribution is -2.38. The standard InChI is InChI=1S/C13H21BrN2O3S/c1-9(2)6-10(15)8-16-20(17,18)11-4-5-13(19-3)12(14)7-11/h4-5,7,9-10,16H,6,8,15H2,1-3H3. The van der Waals surface area contributed by atoms with E-state index in [1.807, 2.05) is 0 Å². The summed E-state index contributed by atoms with van der Waals surface area (Å²) in [6, 6.07) is 4.42. The van der Waals surface area contributed by atoms with Crippen molar-refractivity contribution in [1.29, 1.82) is 0 Å². The first-order valence-electron chi connectivity index (χ1n) is 6.35. The molecule has 0 saturated heterocycles. The third-order valence-electron chi connectivity index (χ3n) is 2.74. The van der Waals surface area contributed by atoms with E-state index < -0.39 is 10.0 Å². The number of nitrogens with one attached hydrogen (secondary N) is 1. The Morgan fingerprint density at radius 1 is 1.40 bits per heavy atom. The molecule has 1 unspecified atom stereocenters. The molecule has 1 aromatic carbocycles. The highest BCUT2D eigenvalue weighted by molar-refractivity contribution is 9.10. The Kier molecular flexibility index (Phi) is 6.44. The van der Waals surface area contributed by atoms with Crippen molar-refractivity contribution >= 4 is 26.0 Å². The van der Waals surface area contributed by atoms with Crippen molar-refractivity contribution in [2.24, 2.45) is 11.7 Å². The van der Waals surface area contributed by atoms with Crippen LogP contribution in [0.15, 0.2) is 27.6 Å². The fraction of sp³-hybridized carbons (Fsp3) is 0.538. The molecular weight excluding hydrogens is 344 g/mol. The molecule has 0 spiro atoms. The summed E-state index contributed by atoms with van der Waals surface area (Å²) in [6.07, 6.45) is 0.773. The minimum atomic E-state index is -3.55. The van der Waals surface area contributed by atoms with Gasteiger partial charge in [0, 0.05) is 12.6 Å². The highest BCUT2D eigenvalue weighted by Gasteiger charge is 2.17. The van der Waals surface area contributed by atoms with Crippen molar-refractivity contribution in [3.63, 3.8) is 0 Å². The van der Waals surface area contributed by atoms with Crippen LogP contribution < -0.4 is 15.2 Å². The lowest BCUT2D eigenvalue weighted by molar-refractivity contribution is 0.411. The molecular formula is C13H21BrN2O3S. The summed E-state index contributed by atoms with van der Waals surface area (Å²) >= 11 is 3.27. The second kappa shape index (κ2) is 7.40. The van der Waals surface area contributed by atoms with E-state index in [-0.39, 0.29) is 17.5 Å². The first-order chi connectivity index (χ1) is 9.26. The minimum absolute atomic E-state index is 0.182. The van der Waals surface area contributed by atoms with E-state index in [1.54, 1.807) is 6.07 Å². The number of sulfonamides is 1. The van der Waals surface area contributed by atoms with Gasteiger partial charge in [0.15, 0.2) is 0 Å². The zero-order chi connectivity index (χ0) is 15.3. The molecule has 7 heteroatoms. The number of nitrogens with two attached hydrogens (primary N) is 1. The molecule has 0 aliphatic heterocycles. The molecule has 0 fully saturated rings. The van der Waals surface area contributed by atoms with Gasteiger partial charge < -0.3 is 10.5 Å². The zero-order valence-corrected chi connectivity index (χ0v) is 14.3. The summed E-state index contributed by atoms with van der Waals surface area (Å²) in [6.45, 7) is 4.33. The van der Waals surface area contributed by atoms with Crippen LogP contribution in [-0.4, -0.2) is 28.1 Å². The average molecular weight is 365 g/mol. The zero-order valence-electron chi connectivity index (χ0n) is 11.9.